The zero-order valence-electron chi connectivity index (χ0n) is 9.16. The van der Waals surface area contributed by atoms with Crippen molar-refractivity contribution in [2.75, 3.05) is 0 Å². The Hall–Kier alpha value is -1.64. The number of nitrogens with one attached hydrogen (secondary N) is 1. The van der Waals surface area contributed by atoms with Crippen LogP contribution in [0.5, 0.6) is 0 Å². The summed E-state index contributed by atoms with van der Waals surface area (Å²) in [5.41, 5.74) is 2.54. The van der Waals surface area contributed by atoms with Gasteiger partial charge < -0.3 is 4.98 Å². The van der Waals surface area contributed by atoms with Gasteiger partial charge in [-0.3, -0.25) is 4.79 Å². The van der Waals surface area contributed by atoms with E-state index in [-0.39, 0.29) is 5.43 Å². The Labute approximate surface area is 88.2 Å². The lowest BCUT2D eigenvalue weighted by atomic mass is 10.0. The molecule has 0 saturated carbocycles. The number of pyridine rings is 2. The minimum absolute atomic E-state index is 0.0838. The highest BCUT2D eigenvalue weighted by Crippen LogP contribution is 2.16. The molecule has 3 heteroatoms. The second-order valence-electron chi connectivity index (χ2n) is 4.05. The van der Waals surface area contributed by atoms with Crippen molar-refractivity contribution in [1.82, 2.24) is 9.97 Å². The van der Waals surface area contributed by atoms with Crippen molar-refractivity contribution in [3.8, 4) is 0 Å². The van der Waals surface area contributed by atoms with Crippen molar-refractivity contribution in [2.45, 2.75) is 26.7 Å². The fraction of sp³-hybridized carbons (Fsp3) is 0.333. The molecule has 2 heterocycles. The minimum Gasteiger partial charge on any atom is -0.343 e. The molecule has 0 aliphatic carbocycles. The van der Waals surface area contributed by atoms with Gasteiger partial charge in [0, 0.05) is 17.5 Å². The van der Waals surface area contributed by atoms with Gasteiger partial charge in [0.2, 0.25) is 0 Å². The average molecular weight is 202 g/mol. The summed E-state index contributed by atoms with van der Waals surface area (Å²) in [4.78, 5) is 19.4. The van der Waals surface area contributed by atoms with E-state index in [2.05, 4.69) is 23.8 Å². The van der Waals surface area contributed by atoms with E-state index in [1.165, 1.54) is 0 Å². The molecule has 15 heavy (non-hydrogen) atoms. The normalized spacial score (nSPS) is 11.2. The van der Waals surface area contributed by atoms with Crippen LogP contribution in [-0.4, -0.2) is 9.97 Å². The highest BCUT2D eigenvalue weighted by molar-refractivity contribution is 5.75. The quantitative estimate of drug-likeness (QED) is 0.771. The van der Waals surface area contributed by atoms with Gasteiger partial charge in [-0.2, -0.15) is 0 Å². The molecule has 0 aromatic carbocycles. The molecule has 0 unspecified atom stereocenters. The standard InChI is InChI=1S/C12H14N2O/c1-7(2)10-8(3)11(15)9-5-4-6-13-12(9)14-10/h4-7H,1-3H3,(H,13,14,15). The lowest BCUT2D eigenvalue weighted by Gasteiger charge is -2.10. The van der Waals surface area contributed by atoms with Gasteiger partial charge in [-0.15, -0.1) is 0 Å². The molecule has 3 nitrogen and oxygen atoms in total. The number of aromatic nitrogens is 2. The Morgan fingerprint density at radius 1 is 1.40 bits per heavy atom. The third-order valence-electron chi connectivity index (χ3n) is 2.63. The molecule has 0 aliphatic heterocycles. The number of rotatable bonds is 1. The van der Waals surface area contributed by atoms with Crippen LogP contribution in [0.25, 0.3) is 11.0 Å². The average Bonchev–Trinajstić information content (AvgIpc) is 2.23. The van der Waals surface area contributed by atoms with Crippen LogP contribution in [0.15, 0.2) is 23.1 Å². The number of hydrogen-bond acceptors (Lipinski definition) is 2. The van der Waals surface area contributed by atoms with Gasteiger partial charge in [0.05, 0.1) is 5.39 Å². The van der Waals surface area contributed by atoms with Crippen LogP contribution in [0.2, 0.25) is 0 Å². The van der Waals surface area contributed by atoms with E-state index in [0.717, 1.165) is 11.3 Å². The maximum Gasteiger partial charge on any atom is 0.194 e. The SMILES string of the molecule is Cc1c(C(C)C)[nH]c2ncccc2c1=O. The van der Waals surface area contributed by atoms with Gasteiger partial charge in [-0.05, 0) is 25.0 Å². The molecule has 2 rings (SSSR count). The van der Waals surface area contributed by atoms with Gasteiger partial charge in [0.1, 0.15) is 5.65 Å². The molecular formula is C12H14N2O. The van der Waals surface area contributed by atoms with E-state index >= 15 is 0 Å². The van der Waals surface area contributed by atoms with Crippen LogP contribution < -0.4 is 5.43 Å². The number of hydrogen-bond donors (Lipinski definition) is 1. The topological polar surface area (TPSA) is 45.8 Å². The number of aromatic amines is 1. The lowest BCUT2D eigenvalue weighted by molar-refractivity contribution is 0.814. The van der Waals surface area contributed by atoms with Gasteiger partial charge in [0.15, 0.2) is 5.43 Å². The van der Waals surface area contributed by atoms with Crippen LogP contribution in [-0.2, 0) is 0 Å². The van der Waals surface area contributed by atoms with E-state index in [0.29, 0.717) is 17.0 Å². The Bertz CT molecular complexity index is 555. The predicted octanol–water partition coefficient (Wildman–Crippen LogP) is 2.35. The van der Waals surface area contributed by atoms with E-state index in [4.69, 9.17) is 0 Å². The molecule has 0 radical (unpaired) electrons. The predicted molar refractivity (Wildman–Crippen MR) is 61.2 cm³/mol. The molecule has 2 aromatic heterocycles. The summed E-state index contributed by atoms with van der Waals surface area (Å²) in [6, 6.07) is 3.59. The summed E-state index contributed by atoms with van der Waals surface area (Å²) in [5.74, 6) is 0.309. The Morgan fingerprint density at radius 3 is 2.80 bits per heavy atom. The first-order valence-corrected chi connectivity index (χ1v) is 5.08. The summed E-state index contributed by atoms with van der Waals surface area (Å²) in [7, 11) is 0. The first-order chi connectivity index (χ1) is 7.11. The van der Waals surface area contributed by atoms with E-state index in [1.807, 2.05) is 6.92 Å². The maximum atomic E-state index is 12.0. The Kier molecular flexibility index (Phi) is 2.31. The first-order valence-electron chi connectivity index (χ1n) is 5.08. The molecule has 1 N–H and O–H groups in total. The van der Waals surface area contributed by atoms with Crippen molar-refractivity contribution in [2.24, 2.45) is 0 Å². The molecular weight excluding hydrogens is 188 g/mol. The van der Waals surface area contributed by atoms with E-state index in [9.17, 15) is 4.79 Å². The van der Waals surface area contributed by atoms with Crippen LogP contribution in [0.4, 0.5) is 0 Å². The van der Waals surface area contributed by atoms with Gasteiger partial charge in [-0.25, -0.2) is 4.98 Å². The smallest absolute Gasteiger partial charge is 0.194 e. The van der Waals surface area contributed by atoms with Crippen LogP contribution >= 0.6 is 0 Å². The van der Waals surface area contributed by atoms with Gasteiger partial charge in [0.25, 0.3) is 0 Å². The number of fused-ring (bicyclic) bond motifs is 1. The number of nitrogens with zero attached hydrogens (tertiary/aromatic N) is 1. The molecule has 0 spiro atoms. The van der Waals surface area contributed by atoms with Crippen molar-refractivity contribution < 1.29 is 0 Å². The summed E-state index contributed by atoms with van der Waals surface area (Å²) < 4.78 is 0. The molecule has 0 amide bonds. The second-order valence-corrected chi connectivity index (χ2v) is 4.05. The molecule has 78 valence electrons. The molecule has 0 bridgehead atoms. The zero-order chi connectivity index (χ0) is 11.0. The van der Waals surface area contributed by atoms with E-state index < -0.39 is 0 Å². The van der Waals surface area contributed by atoms with Crippen molar-refractivity contribution in [1.29, 1.82) is 0 Å². The van der Waals surface area contributed by atoms with Crippen LogP contribution in [0.1, 0.15) is 31.0 Å². The lowest BCUT2D eigenvalue weighted by Crippen LogP contribution is -2.13. The minimum atomic E-state index is 0.0838. The summed E-state index contributed by atoms with van der Waals surface area (Å²) >= 11 is 0. The van der Waals surface area contributed by atoms with Crippen molar-refractivity contribution >= 4 is 11.0 Å². The first kappa shape index (κ1) is 9.90. The maximum absolute atomic E-state index is 12.0. The molecule has 0 saturated heterocycles. The fourth-order valence-electron chi connectivity index (χ4n) is 1.81. The van der Waals surface area contributed by atoms with Gasteiger partial charge >= 0.3 is 0 Å². The largest absolute Gasteiger partial charge is 0.343 e. The third-order valence-corrected chi connectivity index (χ3v) is 2.63. The van der Waals surface area contributed by atoms with Crippen molar-refractivity contribution in [3.05, 3.63) is 39.8 Å². The Balaban J connectivity index is 2.89. The highest BCUT2D eigenvalue weighted by Gasteiger charge is 2.10. The monoisotopic (exact) mass is 202 g/mol. The van der Waals surface area contributed by atoms with Crippen molar-refractivity contribution in [3.63, 3.8) is 0 Å². The summed E-state index contributed by atoms with van der Waals surface area (Å²) in [5, 5.41) is 0.666. The highest BCUT2D eigenvalue weighted by atomic mass is 16.1. The van der Waals surface area contributed by atoms with Crippen LogP contribution in [0, 0.1) is 6.92 Å². The molecule has 0 atom stereocenters. The Morgan fingerprint density at radius 2 is 2.13 bits per heavy atom. The zero-order valence-corrected chi connectivity index (χ0v) is 9.16. The third kappa shape index (κ3) is 1.54. The second kappa shape index (κ2) is 3.50. The molecule has 0 aliphatic rings. The molecule has 0 fully saturated rings. The number of H-pyrrole nitrogens is 1. The van der Waals surface area contributed by atoms with Gasteiger partial charge in [-0.1, -0.05) is 13.8 Å². The summed E-state index contributed by atoms with van der Waals surface area (Å²) in [6.07, 6.45) is 1.69. The molecule has 2 aromatic rings. The van der Waals surface area contributed by atoms with Crippen LogP contribution in [0.3, 0.4) is 0 Å². The van der Waals surface area contributed by atoms with E-state index in [1.54, 1.807) is 18.3 Å². The summed E-state index contributed by atoms with van der Waals surface area (Å²) in [6.45, 7) is 5.99. The fourth-order valence-corrected chi connectivity index (χ4v) is 1.81.